The fourth-order valence-electron chi connectivity index (χ4n) is 4.26. The Balaban J connectivity index is 1.46. The smallest absolute Gasteiger partial charge is 0.422 e. The molecule has 14 nitrogen and oxygen atoms in total. The molecule has 0 aliphatic heterocycles. The lowest BCUT2D eigenvalue weighted by Crippen LogP contribution is -2.45. The second-order valence-corrected chi connectivity index (χ2v) is 10.7. The number of amides is 3. The summed E-state index contributed by atoms with van der Waals surface area (Å²) in [4.78, 5) is 60.3. The van der Waals surface area contributed by atoms with Gasteiger partial charge in [-0.05, 0) is 61.2 Å². The number of hydrogen-bond acceptors (Lipinski definition) is 11. The third kappa shape index (κ3) is 9.90. The molecule has 1 aromatic heterocycles. The van der Waals surface area contributed by atoms with E-state index < -0.39 is 54.1 Å². The highest BCUT2D eigenvalue weighted by Gasteiger charge is 2.45. The van der Waals surface area contributed by atoms with Crippen LogP contribution in [0.3, 0.4) is 0 Å². The number of ether oxygens (including phenoxy) is 2. The summed E-state index contributed by atoms with van der Waals surface area (Å²) in [6, 6.07) is 11.2. The third-order valence-corrected chi connectivity index (χ3v) is 7.08. The van der Waals surface area contributed by atoms with Gasteiger partial charge >= 0.3 is 30.0 Å². The molecule has 2 aromatic carbocycles. The van der Waals surface area contributed by atoms with Crippen LogP contribution in [0.4, 0.5) is 30.8 Å². The zero-order valence-electron chi connectivity index (χ0n) is 25.0. The molecule has 0 saturated heterocycles. The molecule has 5 N–H and O–H groups in total. The van der Waals surface area contributed by atoms with Crippen LogP contribution in [-0.2, 0) is 24.7 Å². The van der Waals surface area contributed by atoms with Crippen molar-refractivity contribution >= 4 is 52.9 Å². The Morgan fingerprint density at radius 1 is 0.957 bits per heavy atom. The van der Waals surface area contributed by atoms with E-state index in [0.29, 0.717) is 23.6 Å². The van der Waals surface area contributed by atoms with Crippen LogP contribution in [0.25, 0.3) is 0 Å². The Kier molecular flexibility index (Phi) is 11.0. The van der Waals surface area contributed by atoms with E-state index in [1.54, 1.807) is 12.1 Å². The molecule has 1 aliphatic carbocycles. The molecule has 1 saturated carbocycles. The van der Waals surface area contributed by atoms with Crippen LogP contribution in [0.5, 0.6) is 6.01 Å². The predicted molar refractivity (Wildman–Crippen MR) is 162 cm³/mol. The summed E-state index contributed by atoms with van der Waals surface area (Å²) in [5.74, 6) is -3.33. The molecule has 1 aliphatic rings. The Labute approximate surface area is 271 Å². The SMILES string of the molecule is CNC(=O)C(=O)NCCC(NC(=O)c1ccc(Nc2nc(NC3(c4ccc(Cl)cc4)CC3)nc(OCC(F)(F)F)n2)cc1)C(=O)OC. The van der Waals surface area contributed by atoms with Gasteiger partial charge in [0.1, 0.15) is 6.04 Å². The summed E-state index contributed by atoms with van der Waals surface area (Å²) in [5.41, 5.74) is 0.856. The van der Waals surface area contributed by atoms with Crippen molar-refractivity contribution in [3.05, 3.63) is 64.7 Å². The molecule has 1 fully saturated rings. The van der Waals surface area contributed by atoms with Gasteiger partial charge in [0.15, 0.2) is 6.61 Å². The van der Waals surface area contributed by atoms with Crippen LogP contribution in [-0.4, -0.2) is 78.2 Å². The Bertz CT molecular complexity index is 1600. The van der Waals surface area contributed by atoms with Gasteiger partial charge in [-0.25, -0.2) is 4.79 Å². The number of carbonyl (C=O) groups is 4. The first-order chi connectivity index (χ1) is 22.3. The zero-order chi connectivity index (χ0) is 34.2. The summed E-state index contributed by atoms with van der Waals surface area (Å²) >= 11 is 6.01. The van der Waals surface area contributed by atoms with Gasteiger partial charge in [-0.1, -0.05) is 23.7 Å². The number of nitrogens with zero attached hydrogens (tertiary/aromatic N) is 3. The van der Waals surface area contributed by atoms with Crippen LogP contribution in [0, 0.1) is 0 Å². The van der Waals surface area contributed by atoms with Crippen LogP contribution < -0.4 is 31.3 Å². The quantitative estimate of drug-likeness (QED) is 0.132. The largest absolute Gasteiger partial charge is 0.467 e. The molecule has 0 spiro atoms. The predicted octanol–water partition coefficient (Wildman–Crippen LogP) is 2.83. The van der Waals surface area contributed by atoms with Crippen molar-refractivity contribution < 1.29 is 41.8 Å². The van der Waals surface area contributed by atoms with Crippen molar-refractivity contribution in [1.82, 2.24) is 30.9 Å². The van der Waals surface area contributed by atoms with E-state index in [1.165, 1.54) is 31.3 Å². The number of nitrogens with one attached hydrogen (secondary N) is 5. The number of halogens is 4. The minimum Gasteiger partial charge on any atom is -0.467 e. The standard InChI is InChI=1S/C29H30ClF3N8O6/c1-34-22(43)23(44)35-14-11-20(24(45)46-2)37-21(42)16-3-9-19(10-4-16)36-25-38-26(40-27(39-25)47-15-29(31,32)33)41-28(12-13-28)17-5-7-18(30)8-6-17/h3-10,20H,11-15H2,1-2H3,(H,34,43)(H,35,44)(H,37,42)(H2,36,38,39,40,41). The van der Waals surface area contributed by atoms with Crippen LogP contribution >= 0.6 is 11.6 Å². The monoisotopic (exact) mass is 678 g/mol. The number of benzene rings is 2. The highest BCUT2D eigenvalue weighted by molar-refractivity contribution is 6.35. The fraction of sp³-hybridized carbons (Fsp3) is 0.345. The van der Waals surface area contributed by atoms with E-state index in [0.717, 1.165) is 12.7 Å². The van der Waals surface area contributed by atoms with Crippen LogP contribution in [0.1, 0.15) is 35.2 Å². The minimum atomic E-state index is -4.63. The molecular weight excluding hydrogens is 649 g/mol. The zero-order valence-corrected chi connectivity index (χ0v) is 25.8. The van der Waals surface area contributed by atoms with E-state index >= 15 is 0 Å². The molecule has 18 heteroatoms. The number of alkyl halides is 3. The first kappa shape index (κ1) is 34.7. The summed E-state index contributed by atoms with van der Waals surface area (Å²) in [7, 11) is 2.42. The summed E-state index contributed by atoms with van der Waals surface area (Å²) in [6.45, 7) is -1.72. The number of aromatic nitrogens is 3. The van der Waals surface area contributed by atoms with Gasteiger partial charge in [-0.3, -0.25) is 14.4 Å². The minimum absolute atomic E-state index is 0.0245. The molecule has 47 heavy (non-hydrogen) atoms. The molecule has 3 aromatic rings. The van der Waals surface area contributed by atoms with Crippen molar-refractivity contribution in [2.24, 2.45) is 0 Å². The molecule has 4 rings (SSSR count). The number of rotatable bonds is 13. The van der Waals surface area contributed by atoms with Crippen molar-refractivity contribution in [2.75, 3.05) is 37.9 Å². The Hall–Kier alpha value is -5.19. The van der Waals surface area contributed by atoms with E-state index in [9.17, 15) is 32.3 Å². The lowest BCUT2D eigenvalue weighted by atomic mass is 10.1. The van der Waals surface area contributed by atoms with Gasteiger partial charge in [0, 0.05) is 29.9 Å². The van der Waals surface area contributed by atoms with Crippen molar-refractivity contribution in [3.8, 4) is 6.01 Å². The second kappa shape index (κ2) is 14.9. The molecule has 0 bridgehead atoms. The first-order valence-electron chi connectivity index (χ1n) is 14.1. The fourth-order valence-corrected chi connectivity index (χ4v) is 4.39. The average molecular weight is 679 g/mol. The lowest BCUT2D eigenvalue weighted by Gasteiger charge is -2.19. The molecule has 250 valence electrons. The lowest BCUT2D eigenvalue weighted by molar-refractivity contribution is -0.154. The van der Waals surface area contributed by atoms with Gasteiger partial charge in [0.25, 0.3) is 5.91 Å². The van der Waals surface area contributed by atoms with Crippen LogP contribution in [0.2, 0.25) is 5.02 Å². The maximum absolute atomic E-state index is 12.9. The number of esters is 1. The molecule has 1 heterocycles. The van der Waals surface area contributed by atoms with E-state index in [-0.39, 0.29) is 30.4 Å². The molecular formula is C29H30ClF3N8O6. The van der Waals surface area contributed by atoms with E-state index in [1.807, 2.05) is 12.1 Å². The number of likely N-dealkylation sites (N-methyl/N-ethyl adjacent to an activating group) is 1. The van der Waals surface area contributed by atoms with Crippen molar-refractivity contribution in [3.63, 3.8) is 0 Å². The average Bonchev–Trinajstić information content (AvgIpc) is 3.82. The normalized spacial score (nSPS) is 13.8. The summed E-state index contributed by atoms with van der Waals surface area (Å²) in [6.07, 6.45) is -3.26. The maximum Gasteiger partial charge on any atom is 0.422 e. The number of hydrogen-bond donors (Lipinski definition) is 5. The van der Waals surface area contributed by atoms with E-state index in [2.05, 4.69) is 41.5 Å². The third-order valence-electron chi connectivity index (χ3n) is 6.82. The Morgan fingerprint density at radius 3 is 2.21 bits per heavy atom. The van der Waals surface area contributed by atoms with Crippen LogP contribution in [0.15, 0.2) is 48.5 Å². The van der Waals surface area contributed by atoms with Crippen molar-refractivity contribution in [1.29, 1.82) is 0 Å². The molecule has 1 unspecified atom stereocenters. The number of methoxy groups -OCH3 is 1. The molecule has 3 amide bonds. The van der Waals surface area contributed by atoms with Gasteiger partial charge < -0.3 is 36.1 Å². The van der Waals surface area contributed by atoms with Gasteiger partial charge in [0.05, 0.1) is 12.6 Å². The van der Waals surface area contributed by atoms with Gasteiger partial charge in [-0.15, -0.1) is 0 Å². The highest BCUT2D eigenvalue weighted by Crippen LogP contribution is 2.48. The second-order valence-electron chi connectivity index (χ2n) is 10.3. The Morgan fingerprint density at radius 2 is 1.62 bits per heavy atom. The van der Waals surface area contributed by atoms with Gasteiger partial charge in [-0.2, -0.15) is 28.1 Å². The number of anilines is 3. The summed E-state index contributed by atoms with van der Waals surface area (Å²) in [5, 5.41) is 13.6. The van der Waals surface area contributed by atoms with E-state index in [4.69, 9.17) is 21.1 Å². The number of carbonyl (C=O) groups excluding carboxylic acids is 4. The summed E-state index contributed by atoms with van der Waals surface area (Å²) < 4.78 is 48.2. The molecule has 0 radical (unpaired) electrons. The van der Waals surface area contributed by atoms with Gasteiger partial charge in [0.2, 0.25) is 11.9 Å². The van der Waals surface area contributed by atoms with Crippen molar-refractivity contribution in [2.45, 2.75) is 37.0 Å². The molecule has 1 atom stereocenters. The maximum atomic E-state index is 12.9. The highest BCUT2D eigenvalue weighted by atomic mass is 35.5. The first-order valence-corrected chi connectivity index (χ1v) is 14.4. The topological polar surface area (TPSA) is 186 Å².